The van der Waals surface area contributed by atoms with E-state index >= 15 is 0 Å². The average Bonchev–Trinajstić information content (AvgIpc) is 3.09. The van der Waals surface area contributed by atoms with Crippen molar-refractivity contribution >= 4 is 34.3 Å². The Labute approximate surface area is 165 Å². The maximum Gasteiger partial charge on any atom is 0.159 e. The topological polar surface area (TPSA) is 84.3 Å². The van der Waals surface area contributed by atoms with Crippen molar-refractivity contribution in [1.29, 1.82) is 5.26 Å². The highest BCUT2D eigenvalue weighted by atomic mass is 35.5. The first-order valence-corrected chi connectivity index (χ1v) is 8.72. The lowest BCUT2D eigenvalue weighted by Gasteiger charge is -2.23. The molecule has 0 saturated carbocycles. The highest BCUT2D eigenvalue weighted by molar-refractivity contribution is 6.30. The molecule has 0 radical (unpaired) electrons. The van der Waals surface area contributed by atoms with E-state index in [-0.39, 0.29) is 0 Å². The van der Waals surface area contributed by atoms with Crippen LogP contribution in [0.4, 0.5) is 4.39 Å². The van der Waals surface area contributed by atoms with Crippen LogP contribution in [0.15, 0.2) is 53.7 Å². The van der Waals surface area contributed by atoms with Gasteiger partial charge >= 0.3 is 0 Å². The van der Waals surface area contributed by atoms with Crippen LogP contribution in [0.5, 0.6) is 5.75 Å². The first-order chi connectivity index (χ1) is 13.4. The van der Waals surface area contributed by atoms with E-state index in [0.717, 1.165) is 5.39 Å². The lowest BCUT2D eigenvalue weighted by Crippen LogP contribution is -2.31. The molecule has 3 aromatic rings. The Bertz CT molecular complexity index is 1210. The van der Waals surface area contributed by atoms with Gasteiger partial charge in [-0.2, -0.15) is 5.26 Å². The summed E-state index contributed by atoms with van der Waals surface area (Å²) in [4.78, 5) is 8.84. The van der Waals surface area contributed by atoms with E-state index in [9.17, 15) is 4.39 Å². The van der Waals surface area contributed by atoms with Gasteiger partial charge in [0.1, 0.15) is 17.6 Å². The molecule has 1 aliphatic rings. The van der Waals surface area contributed by atoms with Gasteiger partial charge in [0.25, 0.3) is 0 Å². The maximum absolute atomic E-state index is 14.3. The molecule has 1 aromatic heterocycles. The Kier molecular flexibility index (Phi) is 4.34. The van der Waals surface area contributed by atoms with Crippen LogP contribution in [0.2, 0.25) is 5.02 Å². The molecule has 0 aliphatic carbocycles. The van der Waals surface area contributed by atoms with Crippen LogP contribution in [0.1, 0.15) is 16.7 Å². The van der Waals surface area contributed by atoms with Crippen LogP contribution in [-0.2, 0) is 5.66 Å². The van der Waals surface area contributed by atoms with Gasteiger partial charge < -0.3 is 4.74 Å². The minimum Gasteiger partial charge on any atom is -0.496 e. The zero-order chi connectivity index (χ0) is 19.9. The molecule has 0 fully saturated rings. The second kappa shape index (κ2) is 6.71. The average molecular weight is 393 g/mol. The van der Waals surface area contributed by atoms with Crippen LogP contribution in [0, 0.1) is 17.1 Å². The van der Waals surface area contributed by atoms with E-state index in [2.05, 4.69) is 16.0 Å². The van der Waals surface area contributed by atoms with Gasteiger partial charge in [-0.25, -0.2) is 4.39 Å². The van der Waals surface area contributed by atoms with Gasteiger partial charge in [-0.1, -0.05) is 11.6 Å². The Balaban J connectivity index is 1.91. The predicted octanol–water partition coefficient (Wildman–Crippen LogP) is 4.19. The molecule has 1 unspecified atom stereocenters. The number of methoxy groups -OCH3 is 1. The highest BCUT2D eigenvalue weighted by Crippen LogP contribution is 2.40. The van der Waals surface area contributed by atoms with Crippen LogP contribution in [0.25, 0.3) is 16.5 Å². The quantitative estimate of drug-likeness (QED) is 0.724. The number of nitriles is 1. The number of aromatic nitrogens is 1. The summed E-state index contributed by atoms with van der Waals surface area (Å²) in [7, 11) is 1.53. The van der Waals surface area contributed by atoms with Gasteiger partial charge in [-0.05, 0) is 42.5 Å². The third-order valence-electron chi connectivity index (χ3n) is 4.60. The van der Waals surface area contributed by atoms with Crippen LogP contribution in [0.3, 0.4) is 0 Å². The molecule has 1 aliphatic heterocycles. The van der Waals surface area contributed by atoms with E-state index in [1.54, 1.807) is 36.4 Å². The fourth-order valence-corrected chi connectivity index (χ4v) is 3.46. The Morgan fingerprint density at radius 2 is 2.07 bits per heavy atom. The summed E-state index contributed by atoms with van der Waals surface area (Å²) in [5.74, 6) is 0.0366. The van der Waals surface area contributed by atoms with Crippen molar-refractivity contribution in [3.05, 3.63) is 76.2 Å². The lowest BCUT2D eigenvalue weighted by molar-refractivity contribution is 0.400. The fraction of sp³-hybridized carbons (Fsp3) is 0.0952. The monoisotopic (exact) mass is 392 g/mol. The van der Waals surface area contributed by atoms with E-state index < -0.39 is 11.5 Å². The normalized spacial score (nSPS) is 18.2. The third kappa shape index (κ3) is 2.91. The Morgan fingerprint density at radius 1 is 1.25 bits per heavy atom. The number of hydrogen-bond acceptors (Lipinski definition) is 5. The molecule has 2 aromatic carbocycles. The molecule has 0 spiro atoms. The number of ether oxygens (including phenoxy) is 1. The van der Waals surface area contributed by atoms with Gasteiger partial charge in [-0.3, -0.25) is 15.7 Å². The molecule has 7 heteroatoms. The van der Waals surface area contributed by atoms with Crippen molar-refractivity contribution in [3.8, 4) is 11.8 Å². The van der Waals surface area contributed by atoms with Crippen molar-refractivity contribution in [3.63, 3.8) is 0 Å². The number of halogens is 2. The molecule has 0 saturated heterocycles. The summed E-state index contributed by atoms with van der Waals surface area (Å²) in [6, 6.07) is 11.8. The molecule has 4 rings (SSSR count). The summed E-state index contributed by atoms with van der Waals surface area (Å²) in [5.41, 5.74) is 7.71. The predicted molar refractivity (Wildman–Crippen MR) is 107 cm³/mol. The van der Waals surface area contributed by atoms with Crippen molar-refractivity contribution in [1.82, 2.24) is 4.98 Å². The first kappa shape index (κ1) is 18.1. The largest absolute Gasteiger partial charge is 0.496 e. The number of nitrogens with zero attached hydrogens (tertiary/aromatic N) is 3. The zero-order valence-corrected chi connectivity index (χ0v) is 15.5. The standard InChI is InChI=1S/C21H14ClFN4O/c1-28-18-5-2-13-6-12(9-24)10-26-20(13)19(18)21(25)8-14(11-27-21)16-4-3-15(22)7-17(16)23/h2-8,10-11H,25H2,1H3. The first-order valence-electron chi connectivity index (χ1n) is 8.35. The van der Waals surface area contributed by atoms with Gasteiger partial charge in [0.05, 0.1) is 23.8 Å². The molecule has 5 nitrogen and oxygen atoms in total. The number of allylic oxidation sites excluding steroid dienone is 1. The van der Waals surface area contributed by atoms with Gasteiger partial charge in [-0.15, -0.1) is 0 Å². The molecular formula is C21H14ClFN4O. The van der Waals surface area contributed by atoms with E-state index in [1.807, 2.05) is 0 Å². The summed E-state index contributed by atoms with van der Waals surface area (Å²) >= 11 is 5.84. The van der Waals surface area contributed by atoms with E-state index in [4.69, 9.17) is 27.3 Å². The summed E-state index contributed by atoms with van der Waals surface area (Å²) in [5, 5.41) is 10.2. The second-order valence-electron chi connectivity index (χ2n) is 6.36. The molecule has 28 heavy (non-hydrogen) atoms. The number of hydrogen-bond donors (Lipinski definition) is 1. The maximum atomic E-state index is 14.3. The molecule has 0 bridgehead atoms. The molecule has 0 amide bonds. The summed E-state index contributed by atoms with van der Waals surface area (Å²) in [6.45, 7) is 0. The molecule has 2 N–H and O–H groups in total. The minimum atomic E-state index is -1.30. The number of nitrogens with two attached hydrogens (primary N) is 1. The number of rotatable bonds is 3. The SMILES string of the molecule is COc1ccc2cc(C#N)cnc2c1C1(N)C=C(c2ccc(Cl)cc2F)C=N1. The van der Waals surface area contributed by atoms with Gasteiger partial charge in [0.15, 0.2) is 5.66 Å². The summed E-state index contributed by atoms with van der Waals surface area (Å²) in [6.07, 6.45) is 4.65. The molecule has 2 heterocycles. The smallest absolute Gasteiger partial charge is 0.159 e. The van der Waals surface area contributed by atoms with Crippen LogP contribution < -0.4 is 10.5 Å². The van der Waals surface area contributed by atoms with Gasteiger partial charge in [0, 0.05) is 34.0 Å². The molecule has 1 atom stereocenters. The van der Waals surface area contributed by atoms with E-state index in [0.29, 0.717) is 38.6 Å². The fourth-order valence-electron chi connectivity index (χ4n) is 3.30. The Hall–Kier alpha value is -3.27. The van der Waals surface area contributed by atoms with Crippen LogP contribution >= 0.6 is 11.6 Å². The van der Waals surface area contributed by atoms with Gasteiger partial charge in [0.2, 0.25) is 0 Å². The van der Waals surface area contributed by atoms with E-state index in [1.165, 1.54) is 25.6 Å². The number of aliphatic imine (C=N–C) groups is 1. The van der Waals surface area contributed by atoms with Crippen molar-refractivity contribution < 1.29 is 9.13 Å². The molecular weight excluding hydrogens is 379 g/mol. The molecule has 138 valence electrons. The minimum absolute atomic E-state index is 0.309. The third-order valence-corrected chi connectivity index (χ3v) is 4.83. The van der Waals surface area contributed by atoms with Crippen molar-refractivity contribution in [2.24, 2.45) is 10.7 Å². The van der Waals surface area contributed by atoms with Crippen LogP contribution in [-0.4, -0.2) is 18.3 Å². The number of pyridine rings is 1. The Morgan fingerprint density at radius 3 is 2.79 bits per heavy atom. The van der Waals surface area contributed by atoms with Crippen molar-refractivity contribution in [2.45, 2.75) is 5.66 Å². The highest BCUT2D eigenvalue weighted by Gasteiger charge is 2.34. The number of benzene rings is 2. The second-order valence-corrected chi connectivity index (χ2v) is 6.79. The van der Waals surface area contributed by atoms with Crippen molar-refractivity contribution in [2.75, 3.05) is 7.11 Å². The lowest BCUT2D eigenvalue weighted by atomic mass is 9.94. The number of fused-ring (bicyclic) bond motifs is 1. The zero-order valence-electron chi connectivity index (χ0n) is 14.8. The summed E-state index contributed by atoms with van der Waals surface area (Å²) < 4.78 is 19.8.